The van der Waals surface area contributed by atoms with Crippen LogP contribution in [0.3, 0.4) is 0 Å². The van der Waals surface area contributed by atoms with Gasteiger partial charge in [0.1, 0.15) is 6.04 Å². The molecule has 11 heteroatoms. The van der Waals surface area contributed by atoms with Gasteiger partial charge in [0.05, 0.1) is 23.5 Å². The van der Waals surface area contributed by atoms with Crippen LogP contribution in [0, 0.1) is 5.92 Å². The number of nitrogens with zero attached hydrogens (tertiary/aromatic N) is 2. The van der Waals surface area contributed by atoms with E-state index in [1.54, 1.807) is 0 Å². The van der Waals surface area contributed by atoms with Crippen molar-refractivity contribution in [3.8, 4) is 0 Å². The molecule has 1 saturated carbocycles. The van der Waals surface area contributed by atoms with E-state index in [4.69, 9.17) is 14.6 Å². The largest absolute Gasteiger partial charge is 0.354 e. The van der Waals surface area contributed by atoms with Gasteiger partial charge in [0.15, 0.2) is 6.29 Å². The molecule has 1 unspecified atom stereocenters. The number of primary sulfonamides is 1. The number of methoxy groups -OCH3 is 2. The van der Waals surface area contributed by atoms with E-state index in [9.17, 15) is 22.8 Å². The summed E-state index contributed by atoms with van der Waals surface area (Å²) in [4.78, 5) is 41.7. The van der Waals surface area contributed by atoms with E-state index in [0.29, 0.717) is 0 Å². The van der Waals surface area contributed by atoms with Crippen LogP contribution in [-0.2, 0) is 33.9 Å². The Morgan fingerprint density at radius 3 is 2.25 bits per heavy atom. The number of nitrogens with two attached hydrogens (primary N) is 1. The van der Waals surface area contributed by atoms with Gasteiger partial charge in [-0.2, -0.15) is 0 Å². The Balaban J connectivity index is 1.87. The molecule has 1 saturated heterocycles. The third kappa shape index (κ3) is 5.17. The normalized spacial score (nSPS) is 20.2. The predicted octanol–water partition coefficient (Wildman–Crippen LogP) is 0.994. The van der Waals surface area contributed by atoms with Crippen molar-refractivity contribution >= 4 is 33.4 Å². The molecule has 1 aliphatic carbocycles. The van der Waals surface area contributed by atoms with Crippen LogP contribution >= 0.6 is 0 Å². The van der Waals surface area contributed by atoms with Crippen molar-refractivity contribution in [3.05, 3.63) is 24.3 Å². The highest BCUT2D eigenvalue weighted by atomic mass is 32.2. The predicted molar refractivity (Wildman–Crippen MR) is 115 cm³/mol. The lowest BCUT2D eigenvalue weighted by Gasteiger charge is -2.34. The molecule has 1 aliphatic heterocycles. The molecule has 0 bridgehead atoms. The van der Waals surface area contributed by atoms with Gasteiger partial charge in [0.2, 0.25) is 21.8 Å². The minimum absolute atomic E-state index is 0.0181. The van der Waals surface area contributed by atoms with Crippen molar-refractivity contribution in [1.29, 1.82) is 0 Å². The molecule has 0 spiro atoms. The molecule has 2 aliphatic rings. The summed E-state index contributed by atoms with van der Waals surface area (Å²) in [5.74, 6) is -1.41. The summed E-state index contributed by atoms with van der Waals surface area (Å²) in [6, 6.07) is 4.17. The minimum Gasteiger partial charge on any atom is -0.354 e. The number of ether oxygens (including phenoxy) is 2. The molecule has 1 aromatic carbocycles. The molecule has 1 heterocycles. The lowest BCUT2D eigenvalue weighted by Crippen LogP contribution is -2.51. The number of hydrogen-bond acceptors (Lipinski definition) is 7. The topological polar surface area (TPSA) is 136 Å². The first kappa shape index (κ1) is 24.3. The molecule has 2 fully saturated rings. The first-order valence-electron chi connectivity index (χ1n) is 10.5. The number of anilines is 1. The Kier molecular flexibility index (Phi) is 7.65. The lowest BCUT2D eigenvalue weighted by atomic mass is 9.88. The zero-order chi connectivity index (χ0) is 23.5. The molecule has 1 aromatic rings. The van der Waals surface area contributed by atoms with Crippen LogP contribution in [-0.4, -0.2) is 64.1 Å². The number of sulfonamides is 1. The van der Waals surface area contributed by atoms with Crippen LogP contribution in [0.15, 0.2) is 29.2 Å². The van der Waals surface area contributed by atoms with Crippen LogP contribution in [0.25, 0.3) is 0 Å². The van der Waals surface area contributed by atoms with E-state index < -0.39 is 34.2 Å². The van der Waals surface area contributed by atoms with Gasteiger partial charge in [-0.15, -0.1) is 0 Å². The molecule has 10 nitrogen and oxygen atoms in total. The summed E-state index contributed by atoms with van der Waals surface area (Å²) in [5.41, 5.74) is 0.218. The van der Waals surface area contributed by atoms with Crippen molar-refractivity contribution in [2.75, 3.05) is 25.7 Å². The third-order valence-corrected chi connectivity index (χ3v) is 6.96. The van der Waals surface area contributed by atoms with Crippen molar-refractivity contribution in [1.82, 2.24) is 4.90 Å². The smallest absolute Gasteiger partial charge is 0.257 e. The molecule has 0 aromatic heterocycles. The number of benzene rings is 1. The van der Waals surface area contributed by atoms with Gasteiger partial charge in [0.25, 0.3) is 5.91 Å². The maximum Gasteiger partial charge on any atom is 0.257 e. The van der Waals surface area contributed by atoms with Crippen molar-refractivity contribution in [3.63, 3.8) is 0 Å². The highest BCUT2D eigenvalue weighted by Crippen LogP contribution is 2.31. The zero-order valence-electron chi connectivity index (χ0n) is 18.2. The van der Waals surface area contributed by atoms with E-state index in [2.05, 4.69) is 0 Å². The summed E-state index contributed by atoms with van der Waals surface area (Å²) >= 11 is 0. The highest BCUT2D eigenvalue weighted by molar-refractivity contribution is 7.89. The van der Waals surface area contributed by atoms with Gasteiger partial charge < -0.3 is 14.4 Å². The van der Waals surface area contributed by atoms with Gasteiger partial charge >= 0.3 is 0 Å². The van der Waals surface area contributed by atoms with E-state index >= 15 is 0 Å². The van der Waals surface area contributed by atoms with Crippen LogP contribution < -0.4 is 10.0 Å². The minimum atomic E-state index is -3.91. The zero-order valence-corrected chi connectivity index (χ0v) is 19.0. The Morgan fingerprint density at radius 1 is 1.12 bits per heavy atom. The molecular formula is C21H29N3O7S. The average molecular weight is 468 g/mol. The van der Waals surface area contributed by atoms with E-state index in [1.807, 2.05) is 0 Å². The quantitative estimate of drug-likeness (QED) is 0.445. The average Bonchev–Trinajstić information content (AvgIpc) is 3.08. The molecular weight excluding hydrogens is 438 g/mol. The molecule has 176 valence electrons. The fourth-order valence-corrected chi connectivity index (χ4v) is 4.79. The number of imide groups is 1. The van der Waals surface area contributed by atoms with Crippen LogP contribution in [0.5, 0.6) is 0 Å². The maximum absolute atomic E-state index is 13.4. The maximum atomic E-state index is 13.4. The molecule has 32 heavy (non-hydrogen) atoms. The number of carbonyl (C=O) groups is 3. The monoisotopic (exact) mass is 467 g/mol. The van der Waals surface area contributed by atoms with Crippen LogP contribution in [0.2, 0.25) is 0 Å². The first-order valence-corrected chi connectivity index (χ1v) is 12.1. The van der Waals surface area contributed by atoms with Crippen LogP contribution in [0.4, 0.5) is 5.69 Å². The van der Waals surface area contributed by atoms with Gasteiger partial charge in [-0.05, 0) is 37.1 Å². The first-order chi connectivity index (χ1) is 15.2. The number of carbonyl (C=O) groups excluding carboxylic acids is 3. The van der Waals surface area contributed by atoms with Crippen molar-refractivity contribution < 1.29 is 32.3 Å². The molecule has 0 radical (unpaired) electrons. The lowest BCUT2D eigenvalue weighted by molar-refractivity contribution is -0.156. The van der Waals surface area contributed by atoms with E-state index in [0.717, 1.165) is 37.0 Å². The molecule has 1 atom stereocenters. The standard InChI is InChI=1S/C21H29N3O7S/c1-30-19(31-2)13-23(20(26)14-6-4-3-5-7-14)17-12-18(25)24(21(17)27)15-8-10-16(11-9-15)32(22,28)29/h8-11,14,17,19H,3-7,12-13H2,1-2H3,(H2,22,28,29). The number of rotatable bonds is 8. The Hall–Kier alpha value is -2.34. The van der Waals surface area contributed by atoms with E-state index in [1.165, 1.54) is 43.4 Å². The summed E-state index contributed by atoms with van der Waals surface area (Å²) in [6.07, 6.45) is 3.54. The summed E-state index contributed by atoms with van der Waals surface area (Å²) in [7, 11) is -1.02. The Morgan fingerprint density at radius 2 is 1.72 bits per heavy atom. The van der Waals surface area contributed by atoms with Crippen LogP contribution in [0.1, 0.15) is 38.5 Å². The van der Waals surface area contributed by atoms with Crippen molar-refractivity contribution in [2.24, 2.45) is 11.1 Å². The fourth-order valence-electron chi connectivity index (χ4n) is 4.28. The van der Waals surface area contributed by atoms with Gasteiger partial charge in [-0.1, -0.05) is 19.3 Å². The van der Waals surface area contributed by atoms with Gasteiger partial charge in [-0.25, -0.2) is 18.5 Å². The summed E-state index contributed by atoms with van der Waals surface area (Å²) in [6.45, 7) is 0.0181. The number of hydrogen-bond donors (Lipinski definition) is 1. The number of amides is 3. The van der Waals surface area contributed by atoms with E-state index in [-0.39, 0.29) is 35.4 Å². The Bertz CT molecular complexity index is 954. The summed E-state index contributed by atoms with van der Waals surface area (Å²) in [5, 5.41) is 5.11. The second-order valence-electron chi connectivity index (χ2n) is 8.05. The molecule has 3 rings (SSSR count). The second kappa shape index (κ2) is 10.1. The highest BCUT2D eigenvalue weighted by Gasteiger charge is 2.46. The molecule has 3 amide bonds. The fraction of sp³-hybridized carbons (Fsp3) is 0.571. The summed E-state index contributed by atoms with van der Waals surface area (Å²) < 4.78 is 33.5. The van der Waals surface area contributed by atoms with Gasteiger partial charge in [0, 0.05) is 20.1 Å². The SMILES string of the molecule is COC(CN(C(=O)C1CCCCC1)C1CC(=O)N(c2ccc(S(N)(=O)=O)cc2)C1=O)OC. The third-order valence-electron chi connectivity index (χ3n) is 6.03. The van der Waals surface area contributed by atoms with Gasteiger partial charge in [-0.3, -0.25) is 14.4 Å². The molecule has 2 N–H and O–H groups in total. The second-order valence-corrected chi connectivity index (χ2v) is 9.61. The van der Waals surface area contributed by atoms with Crippen molar-refractivity contribution in [2.45, 2.75) is 55.8 Å². The Labute approximate surface area is 187 Å².